The van der Waals surface area contributed by atoms with E-state index in [1.165, 1.54) is 19.3 Å². The minimum Gasteiger partial charge on any atom is -0.353 e. The summed E-state index contributed by atoms with van der Waals surface area (Å²) in [6, 6.07) is 4.34. The van der Waals surface area contributed by atoms with Crippen LogP contribution in [0.15, 0.2) is 23.3 Å². The van der Waals surface area contributed by atoms with E-state index in [9.17, 15) is 4.79 Å². The minimum absolute atomic E-state index is 0.00360. The number of aromatic nitrogens is 1. The van der Waals surface area contributed by atoms with Gasteiger partial charge in [-0.3, -0.25) is 4.79 Å². The number of carbonyl (C=O) groups is 1. The van der Waals surface area contributed by atoms with Crippen molar-refractivity contribution >= 4 is 29.3 Å². The van der Waals surface area contributed by atoms with Crippen molar-refractivity contribution in [3.8, 4) is 0 Å². The van der Waals surface area contributed by atoms with Crippen LogP contribution in [0.3, 0.4) is 0 Å². The number of guanidine groups is 1. The van der Waals surface area contributed by atoms with Crippen LogP contribution in [-0.4, -0.2) is 67.6 Å². The molecule has 1 aromatic rings. The zero-order chi connectivity index (χ0) is 20.8. The van der Waals surface area contributed by atoms with E-state index in [-0.39, 0.29) is 18.5 Å². The van der Waals surface area contributed by atoms with Crippen molar-refractivity contribution in [1.82, 2.24) is 20.5 Å². The van der Waals surface area contributed by atoms with Gasteiger partial charge in [-0.25, -0.2) is 9.98 Å². The fourth-order valence-electron chi connectivity index (χ4n) is 4.00. The molecule has 0 spiro atoms. The lowest BCUT2D eigenvalue weighted by Gasteiger charge is -2.31. The molecule has 3 rings (SSSR count). The molecule has 3 unspecified atom stereocenters. The zero-order valence-corrected chi connectivity index (χ0v) is 18.5. The second-order valence-electron chi connectivity index (χ2n) is 8.35. The zero-order valence-electron chi connectivity index (χ0n) is 17.7. The highest BCUT2D eigenvalue weighted by Crippen LogP contribution is 2.26. The van der Waals surface area contributed by atoms with Crippen LogP contribution in [0.1, 0.15) is 39.0 Å². The molecule has 8 heteroatoms. The number of aliphatic imine (C=N–C) groups is 1. The summed E-state index contributed by atoms with van der Waals surface area (Å²) in [6.07, 6.45) is 7.64. The number of pyridine rings is 1. The van der Waals surface area contributed by atoms with Crippen molar-refractivity contribution in [3.05, 3.63) is 23.4 Å². The van der Waals surface area contributed by atoms with Gasteiger partial charge >= 0.3 is 0 Å². The van der Waals surface area contributed by atoms with Crippen LogP contribution in [0.2, 0.25) is 5.02 Å². The fourth-order valence-corrected chi connectivity index (χ4v) is 4.24. The van der Waals surface area contributed by atoms with Gasteiger partial charge in [-0.2, -0.15) is 0 Å². The minimum atomic E-state index is -0.00360. The van der Waals surface area contributed by atoms with E-state index >= 15 is 0 Å². The Morgan fingerprint density at radius 1 is 1.31 bits per heavy atom. The first-order chi connectivity index (χ1) is 13.9. The molecule has 2 N–H and O–H groups in total. The Morgan fingerprint density at radius 3 is 2.83 bits per heavy atom. The number of nitrogens with zero attached hydrogens (tertiary/aromatic N) is 4. The molecule has 0 radical (unpaired) electrons. The first kappa shape index (κ1) is 21.7. The Bertz CT molecular complexity index is 725. The van der Waals surface area contributed by atoms with Gasteiger partial charge in [0.2, 0.25) is 5.91 Å². The molecule has 29 heavy (non-hydrogen) atoms. The predicted molar refractivity (Wildman–Crippen MR) is 119 cm³/mol. The lowest BCUT2D eigenvalue weighted by molar-refractivity contribution is -0.127. The summed E-state index contributed by atoms with van der Waals surface area (Å²) in [6.45, 7) is 4.13. The Labute approximate surface area is 178 Å². The van der Waals surface area contributed by atoms with E-state index in [1.807, 2.05) is 12.1 Å². The first-order valence-corrected chi connectivity index (χ1v) is 10.9. The highest BCUT2D eigenvalue weighted by molar-refractivity contribution is 6.32. The fraction of sp³-hybridized carbons (Fsp3) is 0.667. The largest absolute Gasteiger partial charge is 0.353 e. The van der Waals surface area contributed by atoms with Crippen LogP contribution >= 0.6 is 11.6 Å². The van der Waals surface area contributed by atoms with Crippen LogP contribution in [0.5, 0.6) is 0 Å². The Hall–Kier alpha value is -2.02. The highest BCUT2D eigenvalue weighted by Gasteiger charge is 2.27. The van der Waals surface area contributed by atoms with Crippen molar-refractivity contribution in [2.75, 3.05) is 38.6 Å². The maximum absolute atomic E-state index is 12.0. The molecular formula is C21H33ClN6O. The third-order valence-electron chi connectivity index (χ3n) is 5.87. The van der Waals surface area contributed by atoms with Crippen molar-refractivity contribution in [2.24, 2.45) is 10.9 Å². The van der Waals surface area contributed by atoms with Gasteiger partial charge in [0, 0.05) is 45.5 Å². The van der Waals surface area contributed by atoms with Gasteiger partial charge in [0.25, 0.3) is 0 Å². The summed E-state index contributed by atoms with van der Waals surface area (Å²) in [4.78, 5) is 24.8. The SMILES string of the molecule is CC1CCCCC1NC(=NCC(=O)N(C)C)NC1CCN(c2ncccc2Cl)C1. The molecule has 2 fully saturated rings. The number of carbonyl (C=O) groups excluding carboxylic acids is 1. The Balaban J connectivity index is 1.65. The topological polar surface area (TPSA) is 72.9 Å². The highest BCUT2D eigenvalue weighted by atomic mass is 35.5. The van der Waals surface area contributed by atoms with Crippen LogP contribution in [0.4, 0.5) is 5.82 Å². The van der Waals surface area contributed by atoms with Gasteiger partial charge < -0.3 is 20.4 Å². The van der Waals surface area contributed by atoms with Crippen LogP contribution < -0.4 is 15.5 Å². The molecular weight excluding hydrogens is 388 g/mol. The molecule has 2 heterocycles. The smallest absolute Gasteiger partial charge is 0.243 e. The molecule has 1 aliphatic heterocycles. The van der Waals surface area contributed by atoms with E-state index in [0.29, 0.717) is 17.0 Å². The molecule has 0 bridgehead atoms. The van der Waals surface area contributed by atoms with Crippen molar-refractivity contribution < 1.29 is 4.79 Å². The Kier molecular flexibility index (Phi) is 7.58. The molecule has 0 aromatic carbocycles. The molecule has 3 atom stereocenters. The number of rotatable bonds is 5. The number of amides is 1. The lowest BCUT2D eigenvalue weighted by Crippen LogP contribution is -2.51. The molecule has 1 aliphatic carbocycles. The quantitative estimate of drug-likeness (QED) is 0.565. The standard InChI is InChI=1S/C21H33ClN6O/c1-15-7-4-5-9-18(15)26-21(24-13-19(29)27(2)3)25-16-10-12-28(14-16)20-17(22)8-6-11-23-20/h6,8,11,15-16,18H,4-5,7,9-10,12-14H2,1-3H3,(H2,24,25,26). The Morgan fingerprint density at radius 2 is 2.10 bits per heavy atom. The maximum atomic E-state index is 12.0. The number of anilines is 1. The lowest BCUT2D eigenvalue weighted by atomic mass is 9.86. The number of hydrogen-bond donors (Lipinski definition) is 2. The summed E-state index contributed by atoms with van der Waals surface area (Å²) in [5, 5.41) is 7.83. The molecule has 1 saturated heterocycles. The molecule has 1 amide bonds. The summed E-state index contributed by atoms with van der Waals surface area (Å²) in [5.74, 6) is 2.16. The maximum Gasteiger partial charge on any atom is 0.243 e. The van der Waals surface area contributed by atoms with Gasteiger partial charge in [0.05, 0.1) is 5.02 Å². The molecule has 7 nitrogen and oxygen atoms in total. The monoisotopic (exact) mass is 420 g/mol. The van der Waals surface area contributed by atoms with Gasteiger partial charge in [-0.1, -0.05) is 31.4 Å². The van der Waals surface area contributed by atoms with Crippen molar-refractivity contribution in [3.63, 3.8) is 0 Å². The number of hydrogen-bond acceptors (Lipinski definition) is 4. The van der Waals surface area contributed by atoms with E-state index in [1.54, 1.807) is 25.2 Å². The van der Waals surface area contributed by atoms with E-state index in [2.05, 4.69) is 32.4 Å². The molecule has 1 saturated carbocycles. The van der Waals surface area contributed by atoms with Crippen molar-refractivity contribution in [1.29, 1.82) is 0 Å². The second kappa shape index (κ2) is 10.1. The summed E-state index contributed by atoms with van der Waals surface area (Å²) in [5.41, 5.74) is 0. The summed E-state index contributed by atoms with van der Waals surface area (Å²) >= 11 is 6.31. The predicted octanol–water partition coefficient (Wildman–Crippen LogP) is 2.52. The summed E-state index contributed by atoms with van der Waals surface area (Å²) in [7, 11) is 3.51. The van der Waals surface area contributed by atoms with E-state index in [0.717, 1.165) is 37.7 Å². The normalized spacial score (nSPS) is 25.0. The van der Waals surface area contributed by atoms with Gasteiger partial charge in [0.15, 0.2) is 5.96 Å². The first-order valence-electron chi connectivity index (χ1n) is 10.6. The number of nitrogens with one attached hydrogen (secondary N) is 2. The number of likely N-dealkylation sites (N-methyl/N-ethyl adjacent to an activating group) is 1. The van der Waals surface area contributed by atoms with Gasteiger partial charge in [-0.15, -0.1) is 0 Å². The third kappa shape index (κ3) is 5.98. The van der Waals surface area contributed by atoms with E-state index < -0.39 is 0 Å². The van der Waals surface area contributed by atoms with E-state index in [4.69, 9.17) is 11.6 Å². The third-order valence-corrected chi connectivity index (χ3v) is 6.17. The second-order valence-corrected chi connectivity index (χ2v) is 8.76. The average Bonchev–Trinajstić information content (AvgIpc) is 3.16. The summed E-state index contributed by atoms with van der Waals surface area (Å²) < 4.78 is 0. The van der Waals surface area contributed by atoms with Crippen molar-refractivity contribution in [2.45, 2.75) is 51.1 Å². The van der Waals surface area contributed by atoms with Crippen LogP contribution in [-0.2, 0) is 4.79 Å². The van der Waals surface area contributed by atoms with Gasteiger partial charge in [-0.05, 0) is 37.3 Å². The van der Waals surface area contributed by atoms with Gasteiger partial charge in [0.1, 0.15) is 12.4 Å². The van der Waals surface area contributed by atoms with Crippen LogP contribution in [0.25, 0.3) is 0 Å². The van der Waals surface area contributed by atoms with Crippen LogP contribution in [0, 0.1) is 5.92 Å². The molecule has 2 aliphatic rings. The molecule has 160 valence electrons. The average molecular weight is 421 g/mol. The number of halogens is 1. The molecule has 1 aromatic heterocycles.